The molecule has 2 fully saturated rings. The summed E-state index contributed by atoms with van der Waals surface area (Å²) < 4.78 is 0. The van der Waals surface area contributed by atoms with Crippen LogP contribution in [-0.4, -0.2) is 45.3 Å². The van der Waals surface area contributed by atoms with Crippen molar-refractivity contribution < 1.29 is 4.79 Å². The number of nitrogens with zero attached hydrogens (tertiary/aromatic N) is 4. The van der Waals surface area contributed by atoms with Gasteiger partial charge in [-0.05, 0) is 55.6 Å². The van der Waals surface area contributed by atoms with Crippen molar-refractivity contribution in [2.24, 2.45) is 5.41 Å². The van der Waals surface area contributed by atoms with Gasteiger partial charge in [-0.2, -0.15) is 0 Å². The average Bonchev–Trinajstić information content (AvgIpc) is 2.93. The predicted octanol–water partition coefficient (Wildman–Crippen LogP) is 2.49. The number of rotatable bonds is 4. The monoisotopic (exact) mass is 336 g/mol. The van der Waals surface area contributed by atoms with Crippen LogP contribution in [0.25, 0.3) is 0 Å². The molecular weight excluding hydrogens is 312 g/mol. The summed E-state index contributed by atoms with van der Waals surface area (Å²) >= 11 is 0. The highest BCUT2D eigenvalue weighted by molar-refractivity contribution is 5.85. The molecule has 2 aliphatic rings. The Morgan fingerprint density at radius 1 is 1.00 bits per heavy atom. The molecule has 2 saturated heterocycles. The second-order valence-corrected chi connectivity index (χ2v) is 7.25. The third-order valence-electron chi connectivity index (χ3n) is 5.49. The van der Waals surface area contributed by atoms with Crippen LogP contribution in [0.3, 0.4) is 0 Å². The number of hydrogen-bond acceptors (Lipinski definition) is 4. The van der Waals surface area contributed by atoms with Crippen LogP contribution in [0.1, 0.15) is 30.5 Å². The van der Waals surface area contributed by atoms with Crippen molar-refractivity contribution >= 4 is 5.91 Å². The van der Waals surface area contributed by atoms with E-state index in [4.69, 9.17) is 0 Å². The van der Waals surface area contributed by atoms with E-state index in [1.807, 2.05) is 35.4 Å². The number of carbonyl (C=O) groups is 1. The van der Waals surface area contributed by atoms with Crippen LogP contribution < -0.4 is 0 Å². The average molecular weight is 336 g/mol. The number of aromatic nitrogens is 2. The first-order valence-corrected chi connectivity index (χ1v) is 9.06. The summed E-state index contributed by atoms with van der Waals surface area (Å²) in [5, 5.41) is 0. The van der Waals surface area contributed by atoms with E-state index >= 15 is 0 Å². The van der Waals surface area contributed by atoms with Crippen LogP contribution in [-0.2, 0) is 17.9 Å². The highest BCUT2D eigenvalue weighted by atomic mass is 16.2. The standard InChI is InChI=1S/C20H24N4O/c25-19-20(8-13-24(19)14-17-5-10-21-11-6-17)7-3-12-23(16-20)15-18-4-1-2-9-22-18/h1-2,4-6,9-11H,3,7-8,12-16H2. The summed E-state index contributed by atoms with van der Waals surface area (Å²) in [6, 6.07) is 10.0. The van der Waals surface area contributed by atoms with E-state index in [0.717, 1.165) is 56.7 Å². The molecule has 0 bridgehead atoms. The summed E-state index contributed by atoms with van der Waals surface area (Å²) in [5.41, 5.74) is 2.04. The van der Waals surface area contributed by atoms with E-state index in [-0.39, 0.29) is 5.41 Å². The van der Waals surface area contributed by atoms with Crippen LogP contribution >= 0.6 is 0 Å². The number of amides is 1. The second kappa shape index (κ2) is 6.92. The van der Waals surface area contributed by atoms with Gasteiger partial charge >= 0.3 is 0 Å². The molecule has 1 unspecified atom stereocenters. The van der Waals surface area contributed by atoms with Crippen LogP contribution in [0, 0.1) is 5.41 Å². The maximum atomic E-state index is 13.2. The Labute approximate surface area is 148 Å². The Bertz CT molecular complexity index is 721. The summed E-state index contributed by atoms with van der Waals surface area (Å²) in [6.45, 7) is 4.30. The second-order valence-electron chi connectivity index (χ2n) is 7.25. The van der Waals surface area contributed by atoms with Crippen LogP contribution in [0.2, 0.25) is 0 Å². The van der Waals surface area contributed by atoms with Crippen molar-refractivity contribution in [1.82, 2.24) is 19.8 Å². The Kier molecular flexibility index (Phi) is 4.49. The molecule has 1 amide bonds. The lowest BCUT2D eigenvalue weighted by atomic mass is 9.78. The molecular formula is C20H24N4O. The van der Waals surface area contributed by atoms with Crippen LogP contribution in [0.15, 0.2) is 48.9 Å². The number of piperidine rings is 1. The Balaban J connectivity index is 1.43. The molecule has 2 aromatic heterocycles. The maximum absolute atomic E-state index is 13.2. The molecule has 4 rings (SSSR count). The molecule has 1 spiro atoms. The molecule has 4 heterocycles. The third kappa shape index (κ3) is 3.42. The van der Waals surface area contributed by atoms with Crippen molar-refractivity contribution in [2.75, 3.05) is 19.6 Å². The van der Waals surface area contributed by atoms with Gasteiger partial charge in [0.25, 0.3) is 0 Å². The lowest BCUT2D eigenvalue weighted by Crippen LogP contribution is -2.47. The van der Waals surface area contributed by atoms with Crippen LogP contribution in [0.5, 0.6) is 0 Å². The molecule has 5 heteroatoms. The van der Waals surface area contributed by atoms with E-state index in [0.29, 0.717) is 12.5 Å². The Hall–Kier alpha value is -2.27. The van der Waals surface area contributed by atoms with Crippen molar-refractivity contribution in [3.63, 3.8) is 0 Å². The Morgan fingerprint density at radius 2 is 1.88 bits per heavy atom. The normalized spacial score (nSPS) is 24.2. The van der Waals surface area contributed by atoms with Gasteiger partial charge in [-0.1, -0.05) is 6.07 Å². The maximum Gasteiger partial charge on any atom is 0.230 e. The van der Waals surface area contributed by atoms with Gasteiger partial charge in [-0.15, -0.1) is 0 Å². The van der Waals surface area contributed by atoms with Gasteiger partial charge in [0, 0.05) is 44.8 Å². The van der Waals surface area contributed by atoms with Gasteiger partial charge in [0.05, 0.1) is 11.1 Å². The van der Waals surface area contributed by atoms with Gasteiger partial charge in [0.15, 0.2) is 0 Å². The molecule has 0 saturated carbocycles. The highest BCUT2D eigenvalue weighted by Gasteiger charge is 2.48. The lowest BCUT2D eigenvalue weighted by molar-refractivity contribution is -0.139. The van der Waals surface area contributed by atoms with Crippen molar-refractivity contribution in [2.45, 2.75) is 32.4 Å². The van der Waals surface area contributed by atoms with Gasteiger partial charge in [0.2, 0.25) is 5.91 Å². The fourth-order valence-corrected chi connectivity index (χ4v) is 4.21. The number of carbonyl (C=O) groups excluding carboxylic acids is 1. The SMILES string of the molecule is O=C1N(Cc2ccncc2)CCC12CCCN(Cc1ccccn1)C2. The first kappa shape index (κ1) is 16.2. The molecule has 1 atom stereocenters. The minimum atomic E-state index is -0.194. The van der Waals surface area contributed by atoms with E-state index in [1.54, 1.807) is 12.4 Å². The largest absolute Gasteiger partial charge is 0.338 e. The van der Waals surface area contributed by atoms with E-state index < -0.39 is 0 Å². The molecule has 5 nitrogen and oxygen atoms in total. The zero-order valence-corrected chi connectivity index (χ0v) is 14.5. The molecule has 0 radical (unpaired) electrons. The van der Waals surface area contributed by atoms with Crippen LogP contribution in [0.4, 0.5) is 0 Å². The predicted molar refractivity (Wildman–Crippen MR) is 95.5 cm³/mol. The van der Waals surface area contributed by atoms with E-state index in [1.165, 1.54) is 0 Å². The van der Waals surface area contributed by atoms with Crippen molar-refractivity contribution in [3.05, 3.63) is 60.2 Å². The molecule has 2 aliphatic heterocycles. The van der Waals surface area contributed by atoms with Crippen molar-refractivity contribution in [1.29, 1.82) is 0 Å². The smallest absolute Gasteiger partial charge is 0.230 e. The number of pyridine rings is 2. The van der Waals surface area contributed by atoms with Crippen molar-refractivity contribution in [3.8, 4) is 0 Å². The zero-order chi connectivity index (χ0) is 17.1. The fourth-order valence-electron chi connectivity index (χ4n) is 4.21. The fraction of sp³-hybridized carbons (Fsp3) is 0.450. The third-order valence-corrected chi connectivity index (χ3v) is 5.49. The summed E-state index contributed by atoms with van der Waals surface area (Å²) in [4.78, 5) is 26.1. The van der Waals surface area contributed by atoms with Gasteiger partial charge in [0.1, 0.15) is 0 Å². The summed E-state index contributed by atoms with van der Waals surface area (Å²) in [7, 11) is 0. The number of hydrogen-bond donors (Lipinski definition) is 0. The molecule has 0 aliphatic carbocycles. The zero-order valence-electron chi connectivity index (χ0n) is 14.5. The minimum absolute atomic E-state index is 0.194. The first-order chi connectivity index (χ1) is 12.3. The molecule has 130 valence electrons. The summed E-state index contributed by atoms with van der Waals surface area (Å²) in [6.07, 6.45) is 8.49. The van der Waals surface area contributed by atoms with E-state index in [2.05, 4.69) is 20.9 Å². The molecule has 0 N–H and O–H groups in total. The summed E-state index contributed by atoms with van der Waals surface area (Å²) in [5.74, 6) is 0.329. The highest BCUT2D eigenvalue weighted by Crippen LogP contribution is 2.40. The number of likely N-dealkylation sites (tertiary alicyclic amines) is 2. The minimum Gasteiger partial charge on any atom is -0.338 e. The quantitative estimate of drug-likeness (QED) is 0.861. The Morgan fingerprint density at radius 3 is 2.68 bits per heavy atom. The van der Waals surface area contributed by atoms with Gasteiger partial charge < -0.3 is 4.90 Å². The van der Waals surface area contributed by atoms with E-state index in [9.17, 15) is 4.79 Å². The molecule has 0 aromatic carbocycles. The molecule has 2 aromatic rings. The molecule has 25 heavy (non-hydrogen) atoms. The van der Waals surface area contributed by atoms with Gasteiger partial charge in [-0.3, -0.25) is 19.7 Å². The topological polar surface area (TPSA) is 49.3 Å². The first-order valence-electron chi connectivity index (χ1n) is 9.06. The lowest BCUT2D eigenvalue weighted by Gasteiger charge is -2.39. The van der Waals surface area contributed by atoms with Gasteiger partial charge in [-0.25, -0.2) is 0 Å².